The number of carboxylic acids is 1. The van der Waals surface area contributed by atoms with Crippen LogP contribution < -0.4 is 0 Å². The van der Waals surface area contributed by atoms with E-state index in [-0.39, 0.29) is 18.5 Å². The Morgan fingerprint density at radius 1 is 1.30 bits per heavy atom. The van der Waals surface area contributed by atoms with Crippen molar-refractivity contribution in [3.63, 3.8) is 0 Å². The highest BCUT2D eigenvalue weighted by Gasteiger charge is 2.32. The molecule has 0 aliphatic heterocycles. The molecule has 0 radical (unpaired) electrons. The van der Waals surface area contributed by atoms with Gasteiger partial charge in [-0.1, -0.05) is 29.3 Å². The zero-order valence-electron chi connectivity index (χ0n) is 10.6. The van der Waals surface area contributed by atoms with Crippen LogP contribution in [0.3, 0.4) is 0 Å². The number of carboxylic acid groups (broad SMARTS) is 1. The predicted octanol–water partition coefficient (Wildman–Crippen LogP) is 3.08. The highest BCUT2D eigenvalue weighted by atomic mass is 35.5. The number of halogens is 2. The van der Waals surface area contributed by atoms with Crippen molar-refractivity contribution in [2.24, 2.45) is 0 Å². The van der Waals surface area contributed by atoms with Crippen LogP contribution >= 0.6 is 23.2 Å². The van der Waals surface area contributed by atoms with Gasteiger partial charge in [-0.3, -0.25) is 9.59 Å². The number of hydrogen-bond acceptors (Lipinski definition) is 2. The first-order chi connectivity index (χ1) is 9.49. The van der Waals surface area contributed by atoms with Gasteiger partial charge in [-0.2, -0.15) is 0 Å². The van der Waals surface area contributed by atoms with E-state index < -0.39 is 5.97 Å². The van der Waals surface area contributed by atoms with Gasteiger partial charge in [-0.05, 0) is 31.1 Å². The molecule has 0 heterocycles. The zero-order valence-corrected chi connectivity index (χ0v) is 12.1. The highest BCUT2D eigenvalue weighted by Crippen LogP contribution is 2.28. The summed E-state index contributed by atoms with van der Waals surface area (Å²) in [6.45, 7) is -0.288. The molecule has 0 saturated heterocycles. The molecule has 6 heteroatoms. The van der Waals surface area contributed by atoms with Crippen molar-refractivity contribution in [3.05, 3.63) is 39.9 Å². The molecule has 1 amide bonds. The number of amides is 1. The van der Waals surface area contributed by atoms with Crippen LogP contribution in [0.2, 0.25) is 10.0 Å². The standard InChI is InChI=1S/C14H13Cl2NO3/c15-11-2-1-3-12(16)10(11)6-7-13(18)17(8-14(19)20)9-4-5-9/h1-3,6-7,9H,4-5,8H2,(H,19,20). The smallest absolute Gasteiger partial charge is 0.323 e. The highest BCUT2D eigenvalue weighted by molar-refractivity contribution is 6.37. The quantitative estimate of drug-likeness (QED) is 0.850. The van der Waals surface area contributed by atoms with Crippen LogP contribution in [0, 0.1) is 0 Å². The number of rotatable bonds is 5. The van der Waals surface area contributed by atoms with Crippen molar-refractivity contribution in [1.29, 1.82) is 0 Å². The Morgan fingerprint density at radius 3 is 2.40 bits per heavy atom. The van der Waals surface area contributed by atoms with Crippen molar-refractivity contribution in [2.45, 2.75) is 18.9 Å². The van der Waals surface area contributed by atoms with E-state index in [0.29, 0.717) is 15.6 Å². The summed E-state index contributed by atoms with van der Waals surface area (Å²) in [6, 6.07) is 5.09. The summed E-state index contributed by atoms with van der Waals surface area (Å²) in [5.74, 6) is -1.36. The molecular formula is C14H13Cl2NO3. The van der Waals surface area contributed by atoms with Gasteiger partial charge in [0.25, 0.3) is 0 Å². The second kappa shape index (κ2) is 6.29. The average Bonchev–Trinajstić information content (AvgIpc) is 3.19. The van der Waals surface area contributed by atoms with E-state index in [4.69, 9.17) is 28.3 Å². The van der Waals surface area contributed by atoms with E-state index in [9.17, 15) is 9.59 Å². The predicted molar refractivity (Wildman–Crippen MR) is 77.9 cm³/mol. The number of carbonyl (C=O) groups excluding carboxylic acids is 1. The molecule has 1 aliphatic rings. The Balaban J connectivity index is 2.13. The SMILES string of the molecule is O=C(O)CN(C(=O)C=Cc1c(Cl)cccc1Cl)C1CC1. The van der Waals surface area contributed by atoms with Crippen LogP contribution in [-0.4, -0.2) is 34.5 Å². The first-order valence-electron chi connectivity index (χ1n) is 6.13. The molecule has 0 bridgehead atoms. The van der Waals surface area contributed by atoms with Gasteiger partial charge in [0.05, 0.1) is 0 Å². The lowest BCUT2D eigenvalue weighted by molar-refractivity contribution is -0.143. The summed E-state index contributed by atoms with van der Waals surface area (Å²) >= 11 is 12.0. The van der Waals surface area contributed by atoms with Crippen LogP contribution in [0.4, 0.5) is 0 Å². The minimum absolute atomic E-state index is 0.0324. The van der Waals surface area contributed by atoms with Gasteiger partial charge in [0.2, 0.25) is 5.91 Å². The van der Waals surface area contributed by atoms with Crippen molar-refractivity contribution in [3.8, 4) is 0 Å². The van der Waals surface area contributed by atoms with Crippen LogP contribution in [0.15, 0.2) is 24.3 Å². The van der Waals surface area contributed by atoms with Gasteiger partial charge >= 0.3 is 5.97 Å². The van der Waals surface area contributed by atoms with Crippen LogP contribution in [0.5, 0.6) is 0 Å². The summed E-state index contributed by atoms with van der Waals surface area (Å²) in [7, 11) is 0. The van der Waals surface area contributed by atoms with Gasteiger partial charge in [0.15, 0.2) is 0 Å². The summed E-state index contributed by atoms with van der Waals surface area (Å²) in [5, 5.41) is 9.71. The van der Waals surface area contributed by atoms with Gasteiger partial charge in [-0.25, -0.2) is 0 Å². The summed E-state index contributed by atoms with van der Waals surface area (Å²) in [6.07, 6.45) is 4.53. The Kier molecular flexibility index (Phi) is 4.68. The molecule has 20 heavy (non-hydrogen) atoms. The molecule has 106 valence electrons. The molecule has 0 atom stereocenters. The van der Waals surface area contributed by atoms with E-state index in [0.717, 1.165) is 12.8 Å². The van der Waals surface area contributed by atoms with Crippen molar-refractivity contribution in [2.75, 3.05) is 6.54 Å². The molecular weight excluding hydrogens is 301 g/mol. The molecule has 0 aromatic heterocycles. The average molecular weight is 314 g/mol. The van der Waals surface area contributed by atoms with Crippen LogP contribution in [-0.2, 0) is 9.59 Å². The molecule has 0 unspecified atom stereocenters. The molecule has 1 aliphatic carbocycles. The van der Waals surface area contributed by atoms with Gasteiger partial charge in [-0.15, -0.1) is 0 Å². The third-order valence-corrected chi connectivity index (χ3v) is 3.63. The molecule has 1 aromatic rings. The maximum atomic E-state index is 12.0. The number of aliphatic carboxylic acids is 1. The molecule has 0 spiro atoms. The number of nitrogens with zero attached hydrogens (tertiary/aromatic N) is 1. The second-order valence-corrected chi connectivity index (χ2v) is 5.37. The fraction of sp³-hybridized carbons (Fsp3) is 0.286. The summed E-state index contributed by atoms with van der Waals surface area (Å²) < 4.78 is 0. The monoisotopic (exact) mass is 313 g/mol. The fourth-order valence-electron chi connectivity index (χ4n) is 1.84. The second-order valence-electron chi connectivity index (χ2n) is 4.56. The van der Waals surface area contributed by atoms with E-state index in [1.54, 1.807) is 18.2 Å². The van der Waals surface area contributed by atoms with Crippen molar-refractivity contribution in [1.82, 2.24) is 4.90 Å². The zero-order chi connectivity index (χ0) is 14.7. The van der Waals surface area contributed by atoms with E-state index in [2.05, 4.69) is 0 Å². The van der Waals surface area contributed by atoms with Crippen molar-refractivity contribution >= 4 is 41.2 Å². The lowest BCUT2D eigenvalue weighted by Gasteiger charge is -2.18. The normalized spacial score (nSPS) is 14.5. The lowest BCUT2D eigenvalue weighted by Crippen LogP contribution is -2.36. The largest absolute Gasteiger partial charge is 0.480 e. The van der Waals surface area contributed by atoms with Crippen molar-refractivity contribution < 1.29 is 14.7 Å². The Bertz CT molecular complexity index is 547. The topological polar surface area (TPSA) is 57.6 Å². The van der Waals surface area contributed by atoms with E-state index >= 15 is 0 Å². The number of hydrogen-bond donors (Lipinski definition) is 1. The Hall–Kier alpha value is -1.52. The van der Waals surface area contributed by atoms with E-state index in [1.165, 1.54) is 17.1 Å². The molecule has 1 saturated carbocycles. The van der Waals surface area contributed by atoms with Gasteiger partial charge in [0, 0.05) is 27.7 Å². The summed E-state index contributed by atoms with van der Waals surface area (Å²) in [5.41, 5.74) is 0.551. The molecule has 1 N–H and O–H groups in total. The summed E-state index contributed by atoms with van der Waals surface area (Å²) in [4.78, 5) is 24.2. The maximum Gasteiger partial charge on any atom is 0.323 e. The van der Waals surface area contributed by atoms with Crippen LogP contribution in [0.1, 0.15) is 18.4 Å². The lowest BCUT2D eigenvalue weighted by atomic mass is 10.2. The molecule has 1 fully saturated rings. The third-order valence-electron chi connectivity index (χ3n) is 2.97. The minimum atomic E-state index is -1.02. The Morgan fingerprint density at radius 2 is 1.90 bits per heavy atom. The number of carbonyl (C=O) groups is 2. The molecule has 2 rings (SSSR count). The maximum absolute atomic E-state index is 12.0. The first kappa shape index (κ1) is 14.9. The fourth-order valence-corrected chi connectivity index (χ4v) is 2.36. The minimum Gasteiger partial charge on any atom is -0.480 e. The van der Waals surface area contributed by atoms with E-state index in [1.807, 2.05) is 0 Å². The van der Waals surface area contributed by atoms with Crippen LogP contribution in [0.25, 0.3) is 6.08 Å². The number of benzene rings is 1. The van der Waals surface area contributed by atoms with Gasteiger partial charge in [0.1, 0.15) is 6.54 Å². The Labute approximate surface area is 126 Å². The molecule has 4 nitrogen and oxygen atoms in total. The van der Waals surface area contributed by atoms with Gasteiger partial charge < -0.3 is 10.0 Å². The molecule has 1 aromatic carbocycles. The first-order valence-corrected chi connectivity index (χ1v) is 6.89. The third kappa shape index (κ3) is 3.74.